The zero-order chi connectivity index (χ0) is 14.8. The summed E-state index contributed by atoms with van der Waals surface area (Å²) in [6, 6.07) is 3.80. The molecule has 1 rings (SSSR count). The van der Waals surface area contributed by atoms with E-state index in [-0.39, 0.29) is 24.4 Å². The molecule has 0 bridgehead atoms. The van der Waals surface area contributed by atoms with Crippen molar-refractivity contribution in [1.82, 2.24) is 5.32 Å². The summed E-state index contributed by atoms with van der Waals surface area (Å²) in [7, 11) is 0. The maximum atomic E-state index is 13.3. The first-order valence-electron chi connectivity index (χ1n) is 7.34. The van der Waals surface area contributed by atoms with Gasteiger partial charge in [-0.2, -0.15) is 0 Å². The van der Waals surface area contributed by atoms with Gasteiger partial charge < -0.3 is 5.32 Å². The lowest BCUT2D eigenvalue weighted by Gasteiger charge is -2.07. The van der Waals surface area contributed by atoms with Crippen molar-refractivity contribution in [3.05, 3.63) is 35.4 Å². The number of hydrogen-bond acceptors (Lipinski definition) is 1. The predicted molar refractivity (Wildman–Crippen MR) is 76.4 cm³/mol. The van der Waals surface area contributed by atoms with Crippen LogP contribution >= 0.6 is 0 Å². The Bertz CT molecular complexity index is 401. The van der Waals surface area contributed by atoms with Crippen LogP contribution < -0.4 is 5.32 Å². The lowest BCUT2D eigenvalue weighted by molar-refractivity contribution is -0.121. The molecule has 0 atom stereocenters. The number of unbranched alkanes of at least 4 members (excludes halogenated alkanes) is 4. The van der Waals surface area contributed by atoms with Gasteiger partial charge in [-0.3, -0.25) is 4.79 Å². The second-order valence-electron chi connectivity index (χ2n) is 4.96. The van der Waals surface area contributed by atoms with Crippen LogP contribution in [0.1, 0.15) is 51.0 Å². The van der Waals surface area contributed by atoms with Crippen LogP contribution in [0, 0.1) is 11.6 Å². The Morgan fingerprint density at radius 2 is 1.75 bits per heavy atom. The van der Waals surface area contributed by atoms with Gasteiger partial charge in [0.25, 0.3) is 0 Å². The minimum absolute atomic E-state index is 0.0377. The fourth-order valence-corrected chi connectivity index (χ4v) is 2.08. The van der Waals surface area contributed by atoms with Crippen LogP contribution in [-0.4, -0.2) is 12.5 Å². The Morgan fingerprint density at radius 3 is 2.40 bits per heavy atom. The lowest BCUT2D eigenvalue weighted by atomic mass is 10.1. The number of carbonyl (C=O) groups excluding carboxylic acids is 1. The molecule has 4 heteroatoms. The molecule has 1 aromatic rings. The van der Waals surface area contributed by atoms with Gasteiger partial charge in [-0.15, -0.1) is 0 Å². The van der Waals surface area contributed by atoms with Crippen LogP contribution in [-0.2, 0) is 11.2 Å². The van der Waals surface area contributed by atoms with E-state index in [4.69, 9.17) is 0 Å². The van der Waals surface area contributed by atoms with Crippen LogP contribution in [0.15, 0.2) is 18.2 Å². The molecule has 0 saturated heterocycles. The quantitative estimate of drug-likeness (QED) is 0.682. The van der Waals surface area contributed by atoms with Gasteiger partial charge in [-0.05, 0) is 25.0 Å². The minimum Gasteiger partial charge on any atom is -0.356 e. The maximum Gasteiger partial charge on any atom is 0.220 e. The predicted octanol–water partition coefficient (Wildman–Crippen LogP) is 3.98. The Labute approximate surface area is 119 Å². The van der Waals surface area contributed by atoms with E-state index in [0.29, 0.717) is 6.42 Å². The van der Waals surface area contributed by atoms with E-state index in [1.165, 1.54) is 31.0 Å². The van der Waals surface area contributed by atoms with Crippen molar-refractivity contribution < 1.29 is 13.6 Å². The molecular formula is C16H23F2NO. The smallest absolute Gasteiger partial charge is 0.220 e. The molecule has 0 heterocycles. The summed E-state index contributed by atoms with van der Waals surface area (Å²) in [4.78, 5) is 11.5. The molecule has 1 N–H and O–H groups in total. The highest BCUT2D eigenvalue weighted by atomic mass is 19.1. The first-order valence-corrected chi connectivity index (χ1v) is 7.34. The van der Waals surface area contributed by atoms with Crippen molar-refractivity contribution in [2.24, 2.45) is 0 Å². The van der Waals surface area contributed by atoms with Gasteiger partial charge in [0.1, 0.15) is 11.6 Å². The third-order valence-corrected chi connectivity index (χ3v) is 3.27. The zero-order valence-electron chi connectivity index (χ0n) is 12.1. The molecule has 0 aromatic heterocycles. The van der Waals surface area contributed by atoms with Crippen molar-refractivity contribution in [3.8, 4) is 0 Å². The molecule has 1 aromatic carbocycles. The standard InChI is InChI=1S/C16H23F2NO/c1-2-3-4-5-6-10-16(20)19-12-11-13-14(17)8-7-9-15(13)18/h7-9H,2-6,10-12H2,1H3,(H,19,20). The second kappa shape index (κ2) is 9.45. The van der Waals surface area contributed by atoms with Crippen LogP contribution in [0.3, 0.4) is 0 Å². The van der Waals surface area contributed by atoms with Gasteiger partial charge in [0.2, 0.25) is 5.91 Å². The van der Waals surface area contributed by atoms with Crippen molar-refractivity contribution in [2.75, 3.05) is 6.54 Å². The van der Waals surface area contributed by atoms with Gasteiger partial charge in [-0.1, -0.05) is 38.7 Å². The van der Waals surface area contributed by atoms with Crippen molar-refractivity contribution in [1.29, 1.82) is 0 Å². The van der Waals surface area contributed by atoms with E-state index in [2.05, 4.69) is 12.2 Å². The van der Waals surface area contributed by atoms with Crippen molar-refractivity contribution >= 4 is 5.91 Å². The van der Waals surface area contributed by atoms with E-state index in [9.17, 15) is 13.6 Å². The van der Waals surface area contributed by atoms with Gasteiger partial charge in [0.05, 0.1) is 0 Å². The van der Waals surface area contributed by atoms with Gasteiger partial charge in [-0.25, -0.2) is 8.78 Å². The monoisotopic (exact) mass is 283 g/mol. The molecular weight excluding hydrogens is 260 g/mol. The second-order valence-corrected chi connectivity index (χ2v) is 4.96. The maximum absolute atomic E-state index is 13.3. The van der Waals surface area contributed by atoms with E-state index in [1.54, 1.807) is 0 Å². The van der Waals surface area contributed by atoms with E-state index in [1.807, 2.05) is 0 Å². The summed E-state index contributed by atoms with van der Waals surface area (Å²) >= 11 is 0. The van der Waals surface area contributed by atoms with Crippen LogP contribution in [0.4, 0.5) is 8.78 Å². The molecule has 0 saturated carbocycles. The summed E-state index contributed by atoms with van der Waals surface area (Å²) in [5.74, 6) is -1.16. The zero-order valence-corrected chi connectivity index (χ0v) is 12.1. The highest BCUT2D eigenvalue weighted by Crippen LogP contribution is 2.12. The number of amides is 1. The van der Waals surface area contributed by atoms with E-state index in [0.717, 1.165) is 19.3 Å². The number of carbonyl (C=O) groups is 1. The Hall–Kier alpha value is -1.45. The highest BCUT2D eigenvalue weighted by molar-refractivity contribution is 5.75. The van der Waals surface area contributed by atoms with Crippen LogP contribution in [0.2, 0.25) is 0 Å². The first-order chi connectivity index (χ1) is 9.65. The van der Waals surface area contributed by atoms with Gasteiger partial charge in [0, 0.05) is 18.5 Å². The molecule has 1 amide bonds. The summed E-state index contributed by atoms with van der Waals surface area (Å²) in [6.07, 6.45) is 6.14. The molecule has 0 aliphatic heterocycles. The summed E-state index contributed by atoms with van der Waals surface area (Å²) in [5, 5.41) is 2.70. The number of halogens is 2. The molecule has 20 heavy (non-hydrogen) atoms. The number of rotatable bonds is 9. The Morgan fingerprint density at radius 1 is 1.10 bits per heavy atom. The summed E-state index contributed by atoms with van der Waals surface area (Å²) in [6.45, 7) is 2.42. The molecule has 112 valence electrons. The summed E-state index contributed by atoms with van der Waals surface area (Å²) in [5.41, 5.74) is 0.0377. The van der Waals surface area contributed by atoms with Crippen LogP contribution in [0.5, 0.6) is 0 Å². The van der Waals surface area contributed by atoms with E-state index < -0.39 is 11.6 Å². The highest BCUT2D eigenvalue weighted by Gasteiger charge is 2.08. The average Bonchev–Trinajstić information content (AvgIpc) is 2.42. The largest absolute Gasteiger partial charge is 0.356 e. The number of benzene rings is 1. The minimum atomic E-state index is -0.557. The fourth-order valence-electron chi connectivity index (χ4n) is 2.08. The molecule has 0 fully saturated rings. The van der Waals surface area contributed by atoms with Gasteiger partial charge in [0.15, 0.2) is 0 Å². The number of hydrogen-bond donors (Lipinski definition) is 1. The number of nitrogens with one attached hydrogen (secondary N) is 1. The van der Waals surface area contributed by atoms with Crippen molar-refractivity contribution in [2.45, 2.75) is 51.9 Å². The molecule has 0 radical (unpaired) electrons. The average molecular weight is 283 g/mol. The normalized spacial score (nSPS) is 10.6. The molecule has 0 aliphatic rings. The molecule has 2 nitrogen and oxygen atoms in total. The van der Waals surface area contributed by atoms with Crippen LogP contribution in [0.25, 0.3) is 0 Å². The third kappa shape index (κ3) is 6.13. The fraction of sp³-hybridized carbons (Fsp3) is 0.562. The molecule has 0 aliphatic carbocycles. The first kappa shape index (κ1) is 16.6. The Kier molecular flexibility index (Phi) is 7.85. The molecule has 0 spiro atoms. The van der Waals surface area contributed by atoms with Gasteiger partial charge >= 0.3 is 0 Å². The topological polar surface area (TPSA) is 29.1 Å². The lowest BCUT2D eigenvalue weighted by Crippen LogP contribution is -2.25. The van der Waals surface area contributed by atoms with Crippen molar-refractivity contribution in [3.63, 3.8) is 0 Å². The molecule has 0 unspecified atom stereocenters. The summed E-state index contributed by atoms with van der Waals surface area (Å²) < 4.78 is 26.7. The Balaban J connectivity index is 2.19. The SMILES string of the molecule is CCCCCCCC(=O)NCCc1c(F)cccc1F. The third-order valence-electron chi connectivity index (χ3n) is 3.27. The van der Waals surface area contributed by atoms with E-state index >= 15 is 0 Å².